The third-order valence-corrected chi connectivity index (χ3v) is 7.21. The number of rotatable bonds is 6. The second-order valence-corrected chi connectivity index (χ2v) is 8.84. The van der Waals surface area contributed by atoms with Crippen LogP contribution < -0.4 is 14.4 Å². The molecule has 3 rings (SSSR count). The number of likely N-dealkylation sites (tertiary alicyclic amines) is 1. The minimum absolute atomic E-state index is 0.0886. The van der Waals surface area contributed by atoms with Gasteiger partial charge < -0.3 is 19.3 Å². The zero-order valence-corrected chi connectivity index (χ0v) is 16.8. The van der Waals surface area contributed by atoms with Gasteiger partial charge in [0.25, 0.3) is 5.91 Å². The van der Waals surface area contributed by atoms with E-state index in [4.69, 9.17) is 9.47 Å². The van der Waals surface area contributed by atoms with E-state index in [1.54, 1.807) is 17.0 Å². The summed E-state index contributed by atoms with van der Waals surface area (Å²) in [6, 6.07) is 4.72. The summed E-state index contributed by atoms with van der Waals surface area (Å²) in [5.74, 6) is 0.853. The zero-order chi connectivity index (χ0) is 19.4. The molecule has 0 saturated carbocycles. The zero-order valence-electron chi connectivity index (χ0n) is 15.9. The molecule has 2 aliphatic heterocycles. The molecule has 8 nitrogen and oxygen atoms in total. The van der Waals surface area contributed by atoms with Crippen LogP contribution in [0.15, 0.2) is 23.1 Å². The summed E-state index contributed by atoms with van der Waals surface area (Å²) in [6.07, 6.45) is 2.36. The second-order valence-electron chi connectivity index (χ2n) is 6.94. The number of benzene rings is 1. The Bertz CT molecular complexity index is 769. The van der Waals surface area contributed by atoms with Crippen molar-refractivity contribution in [2.24, 2.45) is 0 Å². The third-order valence-electron chi connectivity index (χ3n) is 5.29. The Morgan fingerprint density at radius 2 is 1.74 bits per heavy atom. The van der Waals surface area contributed by atoms with Gasteiger partial charge in [0, 0.05) is 45.1 Å². The average molecular weight is 399 g/mol. The summed E-state index contributed by atoms with van der Waals surface area (Å²) in [5.41, 5.74) is 0. The molecule has 2 aliphatic rings. The summed E-state index contributed by atoms with van der Waals surface area (Å²) >= 11 is 0. The monoisotopic (exact) mass is 398 g/mol. The fourth-order valence-electron chi connectivity index (χ4n) is 3.68. The van der Waals surface area contributed by atoms with Gasteiger partial charge in [-0.3, -0.25) is 4.79 Å². The largest absolute Gasteiger partial charge is 0.497 e. The van der Waals surface area contributed by atoms with Crippen LogP contribution in [0.3, 0.4) is 0 Å². The molecule has 1 aromatic rings. The van der Waals surface area contributed by atoms with Crippen LogP contribution in [-0.2, 0) is 14.8 Å². The van der Waals surface area contributed by atoms with Crippen molar-refractivity contribution in [1.82, 2.24) is 9.21 Å². The normalized spacial score (nSPS) is 19.3. The maximum Gasteiger partial charge on any atom is 0.277 e. The highest BCUT2D eigenvalue weighted by Crippen LogP contribution is 2.31. The van der Waals surface area contributed by atoms with Crippen molar-refractivity contribution < 1.29 is 27.6 Å². The van der Waals surface area contributed by atoms with Crippen molar-refractivity contribution in [3.63, 3.8) is 0 Å². The molecule has 0 unspecified atom stereocenters. The van der Waals surface area contributed by atoms with Gasteiger partial charge in [-0.15, -0.1) is 0 Å². The van der Waals surface area contributed by atoms with E-state index in [9.17, 15) is 13.2 Å². The lowest BCUT2D eigenvalue weighted by Crippen LogP contribution is -3.11. The molecule has 1 aromatic carbocycles. The van der Waals surface area contributed by atoms with Crippen molar-refractivity contribution in [3.05, 3.63) is 18.2 Å². The molecule has 0 spiro atoms. The molecule has 2 saturated heterocycles. The molecule has 1 amide bonds. The molecule has 0 atom stereocenters. The molecular formula is C18H28N3O5S+. The van der Waals surface area contributed by atoms with E-state index in [-0.39, 0.29) is 29.6 Å². The van der Waals surface area contributed by atoms with E-state index in [1.807, 2.05) is 0 Å². The quantitative estimate of drug-likeness (QED) is 0.680. The molecule has 0 bridgehead atoms. The number of sulfonamides is 1. The minimum atomic E-state index is -3.72. The van der Waals surface area contributed by atoms with Crippen LogP contribution in [0.5, 0.6) is 11.5 Å². The van der Waals surface area contributed by atoms with Gasteiger partial charge >= 0.3 is 0 Å². The Balaban J connectivity index is 1.67. The fraction of sp³-hybridized carbons (Fsp3) is 0.611. The topological polar surface area (TPSA) is 80.6 Å². The first-order chi connectivity index (χ1) is 13.0. The van der Waals surface area contributed by atoms with Crippen LogP contribution in [0, 0.1) is 0 Å². The summed E-state index contributed by atoms with van der Waals surface area (Å²) < 4.78 is 37.9. The number of nitrogens with zero attached hydrogens (tertiary/aromatic N) is 2. The smallest absolute Gasteiger partial charge is 0.277 e. The maximum absolute atomic E-state index is 13.1. The van der Waals surface area contributed by atoms with Crippen LogP contribution in [-0.4, -0.2) is 83.6 Å². The Morgan fingerprint density at radius 1 is 1.07 bits per heavy atom. The summed E-state index contributed by atoms with van der Waals surface area (Å²) in [7, 11) is -0.790. The van der Waals surface area contributed by atoms with Crippen molar-refractivity contribution in [1.29, 1.82) is 0 Å². The van der Waals surface area contributed by atoms with E-state index in [0.717, 1.165) is 13.1 Å². The second kappa shape index (κ2) is 8.45. The molecule has 1 N–H and O–H groups in total. The fourth-order valence-corrected chi connectivity index (χ4v) is 5.27. The Labute approximate surface area is 160 Å². The number of quaternary nitrogens is 1. The van der Waals surface area contributed by atoms with Gasteiger partial charge in [0.05, 0.1) is 27.3 Å². The van der Waals surface area contributed by atoms with Crippen molar-refractivity contribution in [3.8, 4) is 11.5 Å². The predicted molar refractivity (Wildman–Crippen MR) is 99.7 cm³/mol. The highest BCUT2D eigenvalue weighted by atomic mass is 32.2. The van der Waals surface area contributed by atoms with Crippen LogP contribution in [0.25, 0.3) is 0 Å². The highest BCUT2D eigenvalue weighted by Gasteiger charge is 2.33. The highest BCUT2D eigenvalue weighted by molar-refractivity contribution is 7.89. The molecule has 2 fully saturated rings. The number of nitrogens with one attached hydrogen (secondary N) is 1. The number of hydrogen-bond acceptors (Lipinski definition) is 5. The summed E-state index contributed by atoms with van der Waals surface area (Å²) in [5, 5.41) is 0. The van der Waals surface area contributed by atoms with E-state index < -0.39 is 10.0 Å². The van der Waals surface area contributed by atoms with Gasteiger partial charge in [-0.25, -0.2) is 8.42 Å². The maximum atomic E-state index is 13.1. The van der Waals surface area contributed by atoms with Gasteiger partial charge in [0.15, 0.2) is 6.54 Å². The minimum Gasteiger partial charge on any atom is -0.497 e. The molecule has 0 radical (unpaired) electrons. The molecule has 0 aromatic heterocycles. The van der Waals surface area contributed by atoms with E-state index >= 15 is 0 Å². The van der Waals surface area contributed by atoms with Crippen LogP contribution in [0.2, 0.25) is 0 Å². The lowest BCUT2D eigenvalue weighted by atomic mass is 10.3. The molecule has 150 valence electrons. The first-order valence-electron chi connectivity index (χ1n) is 9.29. The van der Waals surface area contributed by atoms with Gasteiger partial charge in [0.1, 0.15) is 16.4 Å². The molecule has 9 heteroatoms. The van der Waals surface area contributed by atoms with Gasteiger partial charge in [-0.1, -0.05) is 0 Å². The average Bonchev–Trinajstić information content (AvgIpc) is 3.20. The lowest BCUT2D eigenvalue weighted by molar-refractivity contribution is -0.879. The number of methoxy groups -OCH3 is 2. The molecule has 27 heavy (non-hydrogen) atoms. The summed E-state index contributed by atoms with van der Waals surface area (Å²) in [6.45, 7) is 4.00. The Hall–Kier alpha value is -1.84. The lowest BCUT2D eigenvalue weighted by Gasteiger charge is -2.34. The Kier molecular flexibility index (Phi) is 6.23. The number of carbonyl (C=O) groups excluding carboxylic acids is 1. The third kappa shape index (κ3) is 4.36. The SMILES string of the molecule is COc1ccc(OC)c(S(=O)(=O)N2CCN(C(=O)C[NH+]3CCCC3)CC2)c1. The number of carbonyl (C=O) groups is 1. The van der Waals surface area contributed by atoms with E-state index in [0.29, 0.717) is 25.4 Å². The van der Waals surface area contributed by atoms with Crippen molar-refractivity contribution in [2.75, 3.05) is 60.0 Å². The Morgan fingerprint density at radius 3 is 2.33 bits per heavy atom. The summed E-state index contributed by atoms with van der Waals surface area (Å²) in [4.78, 5) is 15.7. The number of hydrogen-bond donors (Lipinski definition) is 1. The standard InChI is InChI=1S/C18H27N3O5S/c1-25-15-5-6-16(26-2)17(13-15)27(23,24)21-11-9-20(10-12-21)18(22)14-19-7-3-4-8-19/h5-6,13H,3-4,7-12,14H2,1-2H3/p+1. The van der Waals surface area contributed by atoms with Gasteiger partial charge in [-0.05, 0) is 12.1 Å². The van der Waals surface area contributed by atoms with E-state index in [2.05, 4.69) is 0 Å². The molecule has 2 heterocycles. The molecule has 0 aliphatic carbocycles. The molecular weight excluding hydrogens is 370 g/mol. The number of amides is 1. The van der Waals surface area contributed by atoms with Crippen LogP contribution in [0.4, 0.5) is 0 Å². The first-order valence-corrected chi connectivity index (χ1v) is 10.7. The van der Waals surface area contributed by atoms with Crippen molar-refractivity contribution >= 4 is 15.9 Å². The number of ether oxygens (including phenoxy) is 2. The van der Waals surface area contributed by atoms with Gasteiger partial charge in [0.2, 0.25) is 10.0 Å². The first kappa shape index (κ1) is 19.9. The van der Waals surface area contributed by atoms with E-state index in [1.165, 1.54) is 42.3 Å². The van der Waals surface area contributed by atoms with Crippen molar-refractivity contribution in [2.45, 2.75) is 17.7 Å². The predicted octanol–water partition coefficient (Wildman–Crippen LogP) is -0.785. The number of piperazine rings is 1. The van der Waals surface area contributed by atoms with Gasteiger partial charge in [-0.2, -0.15) is 4.31 Å². The van der Waals surface area contributed by atoms with Crippen LogP contribution >= 0.6 is 0 Å². The van der Waals surface area contributed by atoms with Crippen LogP contribution in [0.1, 0.15) is 12.8 Å².